The molecular weight excluding hydrogens is 359 g/mol. The van der Waals surface area contributed by atoms with Gasteiger partial charge in [0.15, 0.2) is 0 Å². The summed E-state index contributed by atoms with van der Waals surface area (Å²) < 4.78 is 119. The first-order chi connectivity index (χ1) is 10.8. The Kier molecular flexibility index (Phi) is 5.57. The van der Waals surface area contributed by atoms with Crippen LogP contribution in [0, 0.1) is 0 Å². The average Bonchev–Trinajstić information content (AvgIpc) is 2.39. The zero-order valence-electron chi connectivity index (χ0n) is 11.2. The molecule has 0 aromatic heterocycles. The third-order valence-electron chi connectivity index (χ3n) is 2.64. The number of carbonyl (C=O) groups excluding carboxylic acids is 1. The topological polar surface area (TPSA) is 26.3 Å². The second-order valence-electron chi connectivity index (χ2n) is 4.28. The van der Waals surface area contributed by atoms with E-state index in [9.17, 15) is 44.3 Å². The minimum atomic E-state index is -5.47. The number of ether oxygens (including phenoxy) is 1. The van der Waals surface area contributed by atoms with Gasteiger partial charge in [-0.3, -0.25) is 0 Å². The molecule has 0 heterocycles. The average molecular weight is 365 g/mol. The van der Waals surface area contributed by atoms with E-state index < -0.39 is 59.5 Å². The van der Waals surface area contributed by atoms with Crippen LogP contribution in [0.25, 0.3) is 6.08 Å². The highest BCUT2D eigenvalue weighted by Crippen LogP contribution is 2.43. The Morgan fingerprint density at radius 2 is 1.33 bits per heavy atom. The lowest BCUT2D eigenvalue weighted by Gasteiger charge is -2.19. The van der Waals surface area contributed by atoms with E-state index in [1.807, 2.05) is 0 Å². The van der Waals surface area contributed by atoms with Crippen LogP contribution in [0.5, 0.6) is 0 Å². The Labute approximate surface area is 128 Å². The largest absolute Gasteiger partial charge is 0.453 e. The second kappa shape index (κ2) is 6.73. The van der Waals surface area contributed by atoms with E-state index in [-0.39, 0.29) is 6.08 Å². The molecule has 1 aromatic carbocycles. The van der Waals surface area contributed by atoms with E-state index in [0.29, 0.717) is 6.08 Å². The number of alkyl halides is 9. The first kappa shape index (κ1) is 19.8. The van der Waals surface area contributed by atoms with Crippen LogP contribution in [-0.4, -0.2) is 13.1 Å². The van der Waals surface area contributed by atoms with E-state index in [1.165, 1.54) is 0 Å². The smallest absolute Gasteiger partial charge is 0.417 e. The van der Waals surface area contributed by atoms with Crippen LogP contribution in [0.4, 0.5) is 39.5 Å². The maximum atomic E-state index is 12.9. The number of hydrogen-bond acceptors (Lipinski definition) is 2. The fourth-order valence-corrected chi connectivity index (χ4v) is 1.71. The maximum Gasteiger partial charge on any atom is 0.417 e. The summed E-state index contributed by atoms with van der Waals surface area (Å²) in [5, 5.41) is 0. The molecule has 0 unspecified atom stereocenters. The number of halogens is 9. The molecule has 1 rings (SSSR count). The molecule has 0 spiro atoms. The second-order valence-corrected chi connectivity index (χ2v) is 4.28. The van der Waals surface area contributed by atoms with Gasteiger partial charge >= 0.3 is 25.0 Å². The Morgan fingerprint density at radius 1 is 0.875 bits per heavy atom. The molecule has 2 nitrogen and oxygen atoms in total. The number of hydrogen-bond donors (Lipinski definition) is 0. The molecule has 0 amide bonds. The van der Waals surface area contributed by atoms with E-state index in [1.54, 1.807) is 0 Å². The third-order valence-corrected chi connectivity index (χ3v) is 2.64. The molecule has 0 saturated heterocycles. The van der Waals surface area contributed by atoms with E-state index in [0.717, 1.165) is 6.47 Å². The third kappa shape index (κ3) is 4.90. The molecule has 24 heavy (non-hydrogen) atoms. The van der Waals surface area contributed by atoms with Gasteiger partial charge in [0.1, 0.15) is 6.61 Å². The van der Waals surface area contributed by atoms with E-state index in [2.05, 4.69) is 4.74 Å². The normalized spacial score (nSPS) is 13.4. The summed E-state index contributed by atoms with van der Waals surface area (Å²) >= 11 is 0. The van der Waals surface area contributed by atoms with Crippen molar-refractivity contribution in [1.82, 2.24) is 0 Å². The molecule has 0 fully saturated rings. The van der Waals surface area contributed by atoms with Crippen LogP contribution >= 0.6 is 0 Å². The predicted octanol–water partition coefficient (Wildman–Crippen LogP) is 4.84. The van der Waals surface area contributed by atoms with Gasteiger partial charge in [-0.2, -0.15) is 39.5 Å². The van der Waals surface area contributed by atoms with Gasteiger partial charge in [-0.05, 0) is 23.8 Å². The summed E-state index contributed by atoms with van der Waals surface area (Å²) in [5.74, 6) is 0. The quantitative estimate of drug-likeness (QED) is 0.564. The lowest BCUT2D eigenvalue weighted by atomic mass is 9.95. The summed E-state index contributed by atoms with van der Waals surface area (Å²) in [6.45, 7) is 0.169. The van der Waals surface area contributed by atoms with Crippen molar-refractivity contribution in [3.05, 3.63) is 40.5 Å². The van der Waals surface area contributed by atoms with E-state index >= 15 is 0 Å². The molecule has 0 aliphatic rings. The molecule has 0 N–H and O–H groups in total. The van der Waals surface area contributed by atoms with Crippen molar-refractivity contribution >= 4 is 12.5 Å². The highest BCUT2D eigenvalue weighted by molar-refractivity contribution is 5.61. The zero-order chi connectivity index (χ0) is 18.8. The van der Waals surface area contributed by atoms with Crippen LogP contribution < -0.4 is 0 Å². The maximum absolute atomic E-state index is 12.9. The van der Waals surface area contributed by atoms with Crippen molar-refractivity contribution in [3.8, 4) is 0 Å². The Morgan fingerprint density at radius 3 is 1.67 bits per heavy atom. The molecule has 0 bridgehead atoms. The number of benzene rings is 1. The van der Waals surface area contributed by atoms with Gasteiger partial charge in [-0.15, -0.1) is 0 Å². The van der Waals surface area contributed by atoms with Crippen molar-refractivity contribution in [2.24, 2.45) is 0 Å². The Balaban J connectivity index is 3.68. The first-order valence-electron chi connectivity index (χ1n) is 5.83. The van der Waals surface area contributed by atoms with Crippen LogP contribution in [0.1, 0.15) is 22.3 Å². The van der Waals surface area contributed by atoms with Crippen molar-refractivity contribution in [2.75, 3.05) is 6.61 Å². The van der Waals surface area contributed by atoms with Crippen molar-refractivity contribution < 1.29 is 49.0 Å². The highest BCUT2D eigenvalue weighted by atomic mass is 19.4. The molecule has 1 aromatic rings. The summed E-state index contributed by atoms with van der Waals surface area (Å²) in [4.78, 5) is 9.76. The summed E-state index contributed by atoms with van der Waals surface area (Å²) in [5.41, 5.74) is -7.83. The van der Waals surface area contributed by atoms with Gasteiger partial charge in [0, 0.05) is 0 Å². The standard InChI is InChI=1S/C13H6F9O2/c14-11(15,16)7-4-9(12(17,18)19)8(2-1-3-24-6-23)10(5-7)13(20,21)22/h1-2,4-5H,3H2/b2-1+. The molecule has 0 aliphatic carbocycles. The van der Waals surface area contributed by atoms with Crippen molar-refractivity contribution in [2.45, 2.75) is 18.5 Å². The summed E-state index contributed by atoms with van der Waals surface area (Å²) in [7, 11) is 0. The minimum Gasteiger partial charge on any atom is -0.453 e. The molecule has 11 heteroatoms. The monoisotopic (exact) mass is 365 g/mol. The Hall–Kier alpha value is -2.20. The molecule has 1 radical (unpaired) electrons. The summed E-state index contributed by atoms with van der Waals surface area (Å²) in [6, 6.07) is -0.830. The predicted molar refractivity (Wildman–Crippen MR) is 62.1 cm³/mol. The fourth-order valence-electron chi connectivity index (χ4n) is 1.71. The lowest BCUT2D eigenvalue weighted by molar-refractivity contribution is -0.148. The highest BCUT2D eigenvalue weighted by Gasteiger charge is 2.44. The fraction of sp³-hybridized carbons (Fsp3) is 0.308. The van der Waals surface area contributed by atoms with Gasteiger partial charge in [-0.25, -0.2) is 4.79 Å². The van der Waals surface area contributed by atoms with Gasteiger partial charge in [-0.1, -0.05) is 6.08 Å². The van der Waals surface area contributed by atoms with Crippen LogP contribution in [-0.2, 0) is 28.1 Å². The molecule has 0 saturated carbocycles. The molecule has 0 atom stereocenters. The van der Waals surface area contributed by atoms with E-state index in [4.69, 9.17) is 0 Å². The molecular formula is C13H6F9O2. The molecule has 133 valence electrons. The first-order valence-corrected chi connectivity index (χ1v) is 5.83. The Bertz CT molecular complexity index is 589. The minimum absolute atomic E-state index is 0.281. The van der Waals surface area contributed by atoms with Gasteiger partial charge in [0.05, 0.1) is 16.7 Å². The van der Waals surface area contributed by atoms with Crippen LogP contribution in [0.2, 0.25) is 0 Å². The SMILES string of the molecule is O=[C]OC/C=C/c1c(C(F)(F)F)cc(C(F)(F)F)cc1C(F)(F)F. The molecule has 0 aliphatic heterocycles. The summed E-state index contributed by atoms with van der Waals surface area (Å²) in [6.07, 6.45) is -15.5. The van der Waals surface area contributed by atoms with Crippen molar-refractivity contribution in [1.29, 1.82) is 0 Å². The van der Waals surface area contributed by atoms with Gasteiger partial charge < -0.3 is 4.74 Å². The van der Waals surface area contributed by atoms with Crippen LogP contribution in [0.3, 0.4) is 0 Å². The number of rotatable bonds is 4. The van der Waals surface area contributed by atoms with Crippen LogP contribution in [0.15, 0.2) is 18.2 Å². The zero-order valence-corrected chi connectivity index (χ0v) is 11.2. The van der Waals surface area contributed by atoms with Gasteiger partial charge in [0.25, 0.3) is 0 Å². The van der Waals surface area contributed by atoms with Gasteiger partial charge in [0.2, 0.25) is 0 Å². The lowest BCUT2D eigenvalue weighted by Crippen LogP contribution is -2.18. The van der Waals surface area contributed by atoms with Crippen molar-refractivity contribution in [3.63, 3.8) is 0 Å².